The van der Waals surface area contributed by atoms with Crippen molar-refractivity contribution in [2.24, 2.45) is 5.92 Å². The van der Waals surface area contributed by atoms with E-state index in [0.717, 1.165) is 11.6 Å². The summed E-state index contributed by atoms with van der Waals surface area (Å²) in [4.78, 5) is 29.6. The van der Waals surface area contributed by atoms with Crippen molar-refractivity contribution in [3.8, 4) is 11.3 Å². The van der Waals surface area contributed by atoms with Crippen LogP contribution in [0.5, 0.6) is 0 Å². The van der Waals surface area contributed by atoms with Crippen LogP contribution in [0.3, 0.4) is 0 Å². The molecule has 1 aliphatic carbocycles. The lowest BCUT2D eigenvalue weighted by atomic mass is 9.70. The lowest BCUT2D eigenvalue weighted by molar-refractivity contribution is 0.0933. The number of hydrogen-bond acceptors (Lipinski definition) is 2. The molecular weight excluding hydrogens is 431 g/mol. The fourth-order valence-corrected chi connectivity index (χ4v) is 4.58. The van der Waals surface area contributed by atoms with Crippen LogP contribution in [-0.2, 0) is 0 Å². The first-order valence-corrected chi connectivity index (χ1v) is 10.6. The largest absolute Gasteiger partial charge is 0.352 e. The summed E-state index contributed by atoms with van der Waals surface area (Å²) in [5.41, 5.74) is 1.92. The van der Waals surface area contributed by atoms with Crippen LogP contribution in [0.1, 0.15) is 34.7 Å². The van der Waals surface area contributed by atoms with Gasteiger partial charge in [0, 0.05) is 24.2 Å². The van der Waals surface area contributed by atoms with Crippen LogP contribution in [0.25, 0.3) is 22.2 Å². The van der Waals surface area contributed by atoms with Crippen LogP contribution >= 0.6 is 0 Å². The lowest BCUT2D eigenvalue weighted by Gasteiger charge is -2.36. The molecular formula is C25H20F3N3O2. The summed E-state index contributed by atoms with van der Waals surface area (Å²) in [6.07, 6.45) is 2.86. The summed E-state index contributed by atoms with van der Waals surface area (Å²) in [5.74, 6) is -2.00. The number of hydrogen-bond donors (Lipinski definition) is 3. The highest BCUT2D eigenvalue weighted by Crippen LogP contribution is 2.48. The predicted octanol–water partition coefficient (Wildman–Crippen LogP) is 4.86. The molecule has 0 spiro atoms. The van der Waals surface area contributed by atoms with Crippen molar-refractivity contribution in [1.29, 1.82) is 0 Å². The number of carbonyl (C=O) groups excluding carboxylic acids is 1. The van der Waals surface area contributed by atoms with E-state index >= 15 is 0 Å². The van der Waals surface area contributed by atoms with Crippen molar-refractivity contribution in [3.63, 3.8) is 0 Å². The number of aromatic amines is 2. The summed E-state index contributed by atoms with van der Waals surface area (Å²) >= 11 is 0. The zero-order chi connectivity index (χ0) is 23.1. The Morgan fingerprint density at radius 2 is 1.79 bits per heavy atom. The molecule has 2 aromatic carbocycles. The smallest absolute Gasteiger partial charge is 0.260 e. The highest BCUT2D eigenvalue weighted by molar-refractivity contribution is 5.94. The first kappa shape index (κ1) is 21.1. The second-order valence-corrected chi connectivity index (χ2v) is 8.39. The summed E-state index contributed by atoms with van der Waals surface area (Å²) in [5, 5.41) is 3.25. The van der Waals surface area contributed by atoms with E-state index in [9.17, 15) is 22.8 Å². The molecule has 1 aliphatic rings. The van der Waals surface area contributed by atoms with Gasteiger partial charge in [-0.25, -0.2) is 13.2 Å². The van der Waals surface area contributed by atoms with Gasteiger partial charge in [-0.1, -0.05) is 0 Å². The van der Waals surface area contributed by atoms with Gasteiger partial charge in [0.1, 0.15) is 23.0 Å². The van der Waals surface area contributed by atoms with Gasteiger partial charge in [0.15, 0.2) is 0 Å². The molecule has 0 radical (unpaired) electrons. The van der Waals surface area contributed by atoms with Gasteiger partial charge in [-0.2, -0.15) is 0 Å². The normalized spacial score (nSPS) is 17.7. The number of amides is 1. The van der Waals surface area contributed by atoms with E-state index in [1.807, 2.05) is 0 Å². The second-order valence-electron chi connectivity index (χ2n) is 8.39. The Hall–Kier alpha value is -3.81. The molecule has 168 valence electrons. The number of benzene rings is 2. The van der Waals surface area contributed by atoms with Crippen LogP contribution in [0.15, 0.2) is 59.5 Å². The van der Waals surface area contributed by atoms with Gasteiger partial charge < -0.3 is 15.3 Å². The Kier molecular flexibility index (Phi) is 5.28. The van der Waals surface area contributed by atoms with Crippen molar-refractivity contribution < 1.29 is 18.0 Å². The molecule has 1 fully saturated rings. The van der Waals surface area contributed by atoms with E-state index in [-0.39, 0.29) is 28.7 Å². The highest BCUT2D eigenvalue weighted by atomic mass is 19.1. The maximum Gasteiger partial charge on any atom is 0.260 e. The molecule has 1 saturated carbocycles. The third-order valence-electron chi connectivity index (χ3n) is 6.26. The van der Waals surface area contributed by atoms with Crippen molar-refractivity contribution in [1.82, 2.24) is 15.3 Å². The number of halogens is 3. The van der Waals surface area contributed by atoms with Crippen LogP contribution in [0.4, 0.5) is 13.2 Å². The molecule has 8 heteroatoms. The number of fused-ring (bicyclic) bond motifs is 1. The molecule has 2 aromatic heterocycles. The molecule has 33 heavy (non-hydrogen) atoms. The van der Waals surface area contributed by atoms with Crippen molar-refractivity contribution in [2.75, 3.05) is 6.54 Å². The molecule has 2 heterocycles. The summed E-state index contributed by atoms with van der Waals surface area (Å²) in [7, 11) is 0. The monoisotopic (exact) mass is 451 g/mol. The number of carbonyl (C=O) groups is 1. The molecule has 5 rings (SSSR count). The van der Waals surface area contributed by atoms with Gasteiger partial charge in [0.25, 0.3) is 11.5 Å². The van der Waals surface area contributed by atoms with Gasteiger partial charge in [-0.3, -0.25) is 9.59 Å². The fraction of sp³-hybridized carbons (Fsp3) is 0.200. The minimum Gasteiger partial charge on any atom is -0.352 e. The summed E-state index contributed by atoms with van der Waals surface area (Å²) in [6, 6.07) is 11.0. The number of rotatable bonds is 5. The first-order valence-electron chi connectivity index (χ1n) is 10.6. The number of nitrogens with one attached hydrogen (secondary N) is 3. The van der Waals surface area contributed by atoms with E-state index in [2.05, 4.69) is 15.3 Å². The number of pyridine rings is 1. The maximum atomic E-state index is 14.5. The van der Waals surface area contributed by atoms with E-state index in [4.69, 9.17) is 0 Å². The highest BCUT2D eigenvalue weighted by Gasteiger charge is 2.35. The molecule has 0 bridgehead atoms. The van der Waals surface area contributed by atoms with Crippen LogP contribution in [0, 0.1) is 23.4 Å². The van der Waals surface area contributed by atoms with Crippen molar-refractivity contribution >= 4 is 16.8 Å². The van der Waals surface area contributed by atoms with Crippen molar-refractivity contribution in [3.05, 3.63) is 93.7 Å². The van der Waals surface area contributed by atoms with E-state index in [1.54, 1.807) is 18.2 Å². The van der Waals surface area contributed by atoms with Gasteiger partial charge in [-0.15, -0.1) is 0 Å². The van der Waals surface area contributed by atoms with Gasteiger partial charge in [-0.05, 0) is 78.3 Å². The van der Waals surface area contributed by atoms with Crippen LogP contribution in [0.2, 0.25) is 0 Å². The Morgan fingerprint density at radius 3 is 2.52 bits per heavy atom. The zero-order valence-electron chi connectivity index (χ0n) is 17.4. The molecule has 0 unspecified atom stereocenters. The van der Waals surface area contributed by atoms with E-state index in [1.165, 1.54) is 30.5 Å². The average molecular weight is 451 g/mol. The second kappa shape index (κ2) is 8.27. The Balaban J connectivity index is 1.38. The predicted molar refractivity (Wildman–Crippen MR) is 118 cm³/mol. The minimum atomic E-state index is -0.684. The first-order chi connectivity index (χ1) is 15.9. The van der Waals surface area contributed by atoms with E-state index in [0.29, 0.717) is 36.0 Å². The third kappa shape index (κ3) is 3.92. The summed E-state index contributed by atoms with van der Waals surface area (Å²) < 4.78 is 41.9. The zero-order valence-corrected chi connectivity index (χ0v) is 17.4. The van der Waals surface area contributed by atoms with E-state index < -0.39 is 23.1 Å². The average Bonchev–Trinajstić information content (AvgIpc) is 3.13. The maximum absolute atomic E-state index is 14.5. The molecule has 0 aliphatic heterocycles. The Morgan fingerprint density at radius 1 is 1.03 bits per heavy atom. The molecule has 3 N–H and O–H groups in total. The number of H-pyrrole nitrogens is 2. The third-order valence-corrected chi connectivity index (χ3v) is 6.26. The SMILES string of the molecule is O=C(NCC1CC(c2c(-c3ccc(F)cc3)[nH]c3c(F)cc(F)cc23)C1)c1ccc[nH]c1=O. The minimum absolute atomic E-state index is 0.0158. The standard InChI is InChI=1S/C25H20F3N3O2/c26-16-5-3-14(4-6-16)22-21(19-10-17(27)11-20(28)23(19)31-22)15-8-13(9-15)12-30-25(33)18-2-1-7-29-24(18)32/h1-7,10-11,13,15,31H,8-9,12H2,(H,29,32)(H,30,33). The van der Waals surface area contributed by atoms with Gasteiger partial charge in [0.2, 0.25) is 0 Å². The molecule has 5 nitrogen and oxygen atoms in total. The Labute approximate surface area is 186 Å². The fourth-order valence-electron chi connectivity index (χ4n) is 4.58. The van der Waals surface area contributed by atoms with Crippen LogP contribution < -0.4 is 10.9 Å². The topological polar surface area (TPSA) is 77.8 Å². The summed E-state index contributed by atoms with van der Waals surface area (Å²) in [6.45, 7) is 0.390. The Bertz CT molecular complexity index is 1400. The number of aromatic nitrogens is 2. The quantitative estimate of drug-likeness (QED) is 0.405. The molecule has 1 amide bonds. The molecule has 0 atom stereocenters. The van der Waals surface area contributed by atoms with Gasteiger partial charge in [0.05, 0.1) is 11.2 Å². The van der Waals surface area contributed by atoms with Gasteiger partial charge >= 0.3 is 0 Å². The van der Waals surface area contributed by atoms with Crippen LogP contribution in [-0.4, -0.2) is 22.4 Å². The molecule has 0 saturated heterocycles. The van der Waals surface area contributed by atoms with Crippen molar-refractivity contribution in [2.45, 2.75) is 18.8 Å². The molecule has 4 aromatic rings. The lowest BCUT2D eigenvalue weighted by Crippen LogP contribution is -2.37.